The summed E-state index contributed by atoms with van der Waals surface area (Å²) in [7, 11) is 0. The van der Waals surface area contributed by atoms with Crippen LogP contribution >= 0.6 is 0 Å². The van der Waals surface area contributed by atoms with Gasteiger partial charge in [0.15, 0.2) is 0 Å². The molecule has 2 unspecified atom stereocenters. The molecule has 94 valence electrons. The molecule has 0 spiro atoms. The van der Waals surface area contributed by atoms with E-state index >= 15 is 0 Å². The third kappa shape index (κ3) is 2.99. The molecular formula is C14H21NO2. The summed E-state index contributed by atoms with van der Waals surface area (Å²) in [6.45, 7) is 4.21. The summed E-state index contributed by atoms with van der Waals surface area (Å²) in [5.41, 5.74) is 1.26. The van der Waals surface area contributed by atoms with Gasteiger partial charge >= 0.3 is 0 Å². The fraction of sp³-hybridized carbons (Fsp3) is 0.571. The predicted octanol–water partition coefficient (Wildman–Crippen LogP) is 2.12. The molecule has 3 nitrogen and oxygen atoms in total. The molecule has 2 rings (SSSR count). The second-order valence-electron chi connectivity index (χ2n) is 4.69. The first-order valence-corrected chi connectivity index (χ1v) is 6.39. The minimum Gasteiger partial charge on any atom is -0.493 e. The van der Waals surface area contributed by atoms with Crippen LogP contribution in [0.2, 0.25) is 0 Å². The lowest BCUT2D eigenvalue weighted by molar-refractivity contribution is 0.187. The van der Waals surface area contributed by atoms with E-state index in [1.807, 2.05) is 12.1 Å². The normalized spacial score (nSPS) is 22.9. The van der Waals surface area contributed by atoms with Gasteiger partial charge in [-0.25, -0.2) is 0 Å². The topological polar surface area (TPSA) is 41.5 Å². The van der Waals surface area contributed by atoms with Gasteiger partial charge in [0.1, 0.15) is 5.75 Å². The third-order valence-electron chi connectivity index (χ3n) is 3.27. The molecule has 2 atom stereocenters. The van der Waals surface area contributed by atoms with Crippen LogP contribution in [0.5, 0.6) is 5.75 Å². The zero-order valence-corrected chi connectivity index (χ0v) is 10.4. The standard InChI is InChI=1S/C14H21NO2/c1-11-10-17-13-7-3-2-6-12(13)14(11)15-8-4-5-9-16/h2-3,6-7,11,14-16H,4-5,8-10H2,1H3. The van der Waals surface area contributed by atoms with Gasteiger partial charge in [0, 0.05) is 24.1 Å². The van der Waals surface area contributed by atoms with Gasteiger partial charge in [0.05, 0.1) is 6.61 Å². The summed E-state index contributed by atoms with van der Waals surface area (Å²) < 4.78 is 5.71. The highest BCUT2D eigenvalue weighted by Crippen LogP contribution is 2.34. The quantitative estimate of drug-likeness (QED) is 0.768. The van der Waals surface area contributed by atoms with Gasteiger partial charge in [-0.2, -0.15) is 0 Å². The number of benzene rings is 1. The Labute approximate surface area is 103 Å². The number of hydrogen-bond acceptors (Lipinski definition) is 3. The lowest BCUT2D eigenvalue weighted by Gasteiger charge is -2.32. The van der Waals surface area contributed by atoms with Crippen molar-refractivity contribution in [3.8, 4) is 5.75 Å². The van der Waals surface area contributed by atoms with Gasteiger partial charge in [0.25, 0.3) is 0 Å². The van der Waals surface area contributed by atoms with Crippen LogP contribution in [0.15, 0.2) is 24.3 Å². The van der Waals surface area contributed by atoms with Crippen molar-refractivity contribution in [1.29, 1.82) is 0 Å². The van der Waals surface area contributed by atoms with Crippen molar-refractivity contribution in [2.75, 3.05) is 19.8 Å². The zero-order valence-electron chi connectivity index (χ0n) is 10.4. The minimum atomic E-state index is 0.279. The molecule has 0 fully saturated rings. The fourth-order valence-corrected chi connectivity index (χ4v) is 2.30. The summed E-state index contributed by atoms with van der Waals surface area (Å²) in [5, 5.41) is 12.3. The average molecular weight is 235 g/mol. The van der Waals surface area contributed by atoms with E-state index in [2.05, 4.69) is 24.4 Å². The number of fused-ring (bicyclic) bond motifs is 1. The number of nitrogens with one attached hydrogen (secondary N) is 1. The number of aliphatic hydroxyl groups is 1. The molecule has 0 saturated heterocycles. The molecule has 0 aromatic heterocycles. The molecule has 0 radical (unpaired) electrons. The third-order valence-corrected chi connectivity index (χ3v) is 3.27. The number of aliphatic hydroxyl groups excluding tert-OH is 1. The van der Waals surface area contributed by atoms with Crippen molar-refractivity contribution >= 4 is 0 Å². The van der Waals surface area contributed by atoms with E-state index in [4.69, 9.17) is 9.84 Å². The van der Waals surface area contributed by atoms with E-state index in [9.17, 15) is 0 Å². The second kappa shape index (κ2) is 6.03. The summed E-state index contributed by atoms with van der Waals surface area (Å²) >= 11 is 0. The van der Waals surface area contributed by atoms with Crippen LogP contribution in [0, 0.1) is 5.92 Å². The Kier molecular flexibility index (Phi) is 4.40. The Morgan fingerprint density at radius 3 is 3.00 bits per heavy atom. The summed E-state index contributed by atoms with van der Waals surface area (Å²) in [4.78, 5) is 0. The van der Waals surface area contributed by atoms with Crippen molar-refractivity contribution in [3.63, 3.8) is 0 Å². The van der Waals surface area contributed by atoms with E-state index in [0.717, 1.165) is 31.7 Å². The van der Waals surface area contributed by atoms with Crippen LogP contribution in [0.3, 0.4) is 0 Å². The van der Waals surface area contributed by atoms with Gasteiger partial charge in [-0.1, -0.05) is 25.1 Å². The summed E-state index contributed by atoms with van der Waals surface area (Å²) in [5.74, 6) is 1.49. The zero-order chi connectivity index (χ0) is 12.1. The number of ether oxygens (including phenoxy) is 1. The Morgan fingerprint density at radius 1 is 1.35 bits per heavy atom. The lowest BCUT2D eigenvalue weighted by Crippen LogP contribution is -2.34. The fourth-order valence-electron chi connectivity index (χ4n) is 2.30. The van der Waals surface area contributed by atoms with E-state index in [1.165, 1.54) is 5.56 Å². The first kappa shape index (κ1) is 12.4. The number of para-hydroxylation sites is 1. The van der Waals surface area contributed by atoms with Crippen molar-refractivity contribution in [2.45, 2.75) is 25.8 Å². The molecule has 3 heteroatoms. The van der Waals surface area contributed by atoms with Crippen LogP contribution in [-0.4, -0.2) is 24.9 Å². The van der Waals surface area contributed by atoms with E-state index in [0.29, 0.717) is 12.0 Å². The summed E-state index contributed by atoms with van der Waals surface area (Å²) in [6.07, 6.45) is 1.88. The van der Waals surface area contributed by atoms with Crippen LogP contribution in [0.25, 0.3) is 0 Å². The largest absolute Gasteiger partial charge is 0.493 e. The maximum atomic E-state index is 8.77. The lowest BCUT2D eigenvalue weighted by atomic mass is 9.92. The second-order valence-corrected chi connectivity index (χ2v) is 4.69. The maximum Gasteiger partial charge on any atom is 0.124 e. The van der Waals surface area contributed by atoms with Gasteiger partial charge in [0.2, 0.25) is 0 Å². The van der Waals surface area contributed by atoms with Crippen molar-refractivity contribution < 1.29 is 9.84 Å². The molecule has 0 bridgehead atoms. The van der Waals surface area contributed by atoms with E-state index < -0.39 is 0 Å². The number of hydrogen-bond donors (Lipinski definition) is 2. The predicted molar refractivity (Wildman–Crippen MR) is 68.2 cm³/mol. The molecule has 1 aromatic carbocycles. The highest BCUT2D eigenvalue weighted by atomic mass is 16.5. The van der Waals surface area contributed by atoms with Crippen LogP contribution in [-0.2, 0) is 0 Å². The molecule has 0 saturated carbocycles. The molecule has 2 N–H and O–H groups in total. The number of rotatable bonds is 5. The van der Waals surface area contributed by atoms with Gasteiger partial charge in [-0.05, 0) is 25.5 Å². The SMILES string of the molecule is CC1COc2ccccc2C1NCCCCO. The first-order valence-electron chi connectivity index (χ1n) is 6.39. The molecule has 1 aromatic rings. The Bertz CT molecular complexity index is 354. The van der Waals surface area contributed by atoms with Crippen molar-refractivity contribution in [2.24, 2.45) is 5.92 Å². The van der Waals surface area contributed by atoms with E-state index in [-0.39, 0.29) is 6.61 Å². The van der Waals surface area contributed by atoms with Crippen molar-refractivity contribution in [1.82, 2.24) is 5.32 Å². The Balaban J connectivity index is 2.00. The summed E-state index contributed by atoms with van der Waals surface area (Å²) in [6, 6.07) is 8.61. The van der Waals surface area contributed by atoms with Crippen LogP contribution < -0.4 is 10.1 Å². The van der Waals surface area contributed by atoms with Gasteiger partial charge < -0.3 is 15.2 Å². The Morgan fingerprint density at radius 2 is 2.18 bits per heavy atom. The van der Waals surface area contributed by atoms with E-state index in [1.54, 1.807) is 0 Å². The minimum absolute atomic E-state index is 0.279. The monoisotopic (exact) mass is 235 g/mol. The Hall–Kier alpha value is -1.06. The number of unbranched alkanes of at least 4 members (excludes halogenated alkanes) is 1. The highest BCUT2D eigenvalue weighted by molar-refractivity contribution is 5.37. The first-order chi connectivity index (χ1) is 8.33. The highest BCUT2D eigenvalue weighted by Gasteiger charge is 2.26. The molecule has 17 heavy (non-hydrogen) atoms. The molecule has 1 aliphatic heterocycles. The van der Waals surface area contributed by atoms with Crippen molar-refractivity contribution in [3.05, 3.63) is 29.8 Å². The van der Waals surface area contributed by atoms with Crippen LogP contribution in [0.4, 0.5) is 0 Å². The average Bonchev–Trinajstić information content (AvgIpc) is 2.37. The maximum absolute atomic E-state index is 8.77. The molecule has 0 amide bonds. The van der Waals surface area contributed by atoms with Crippen LogP contribution in [0.1, 0.15) is 31.4 Å². The molecule has 1 heterocycles. The van der Waals surface area contributed by atoms with Gasteiger partial charge in [-0.3, -0.25) is 0 Å². The molecule has 1 aliphatic rings. The molecule has 0 aliphatic carbocycles. The molecular weight excluding hydrogens is 214 g/mol. The van der Waals surface area contributed by atoms with Gasteiger partial charge in [-0.15, -0.1) is 0 Å². The smallest absolute Gasteiger partial charge is 0.124 e.